The second kappa shape index (κ2) is 3.61. The Hall–Kier alpha value is -2.04. The number of ether oxygens (including phenoxy) is 1. The largest absolute Gasteiger partial charge is 0.461 e. The van der Waals surface area contributed by atoms with E-state index in [-0.39, 0.29) is 5.69 Å². The van der Waals surface area contributed by atoms with E-state index in [1.807, 2.05) is 0 Å². The summed E-state index contributed by atoms with van der Waals surface area (Å²) in [4.78, 5) is 11.4. The average Bonchev–Trinajstić information content (AvgIpc) is 2.63. The van der Waals surface area contributed by atoms with Gasteiger partial charge in [0.1, 0.15) is 0 Å². The highest BCUT2D eigenvalue weighted by Gasteiger charge is 2.17. The summed E-state index contributed by atoms with van der Waals surface area (Å²) in [5.74, 6) is -0.498. The predicted octanol–water partition coefficient (Wildman–Crippen LogP) is 1.59. The van der Waals surface area contributed by atoms with Gasteiger partial charge in [0.2, 0.25) is 0 Å². The quantitative estimate of drug-likeness (QED) is 0.596. The van der Waals surface area contributed by atoms with Crippen molar-refractivity contribution < 1.29 is 14.1 Å². The fourth-order valence-corrected chi connectivity index (χ4v) is 1.33. The molecule has 2 rings (SSSR count). The molecule has 0 atom stereocenters. The molecule has 0 unspecified atom stereocenters. The maximum absolute atomic E-state index is 11.4. The van der Waals surface area contributed by atoms with E-state index in [2.05, 4.69) is 5.16 Å². The summed E-state index contributed by atoms with van der Waals surface area (Å²) in [5.41, 5.74) is 6.70. The van der Waals surface area contributed by atoms with Gasteiger partial charge in [-0.3, -0.25) is 0 Å². The van der Waals surface area contributed by atoms with Gasteiger partial charge in [-0.25, -0.2) is 4.79 Å². The lowest BCUT2D eigenvalue weighted by Gasteiger charge is -1.97. The molecular formula is C10H10N2O3. The van der Waals surface area contributed by atoms with Crippen molar-refractivity contribution in [1.29, 1.82) is 0 Å². The highest BCUT2D eigenvalue weighted by Crippen LogP contribution is 2.24. The summed E-state index contributed by atoms with van der Waals surface area (Å²) in [7, 11) is 0. The van der Waals surface area contributed by atoms with Crippen molar-refractivity contribution in [2.24, 2.45) is 0 Å². The van der Waals surface area contributed by atoms with E-state index in [4.69, 9.17) is 15.0 Å². The second-order valence-corrected chi connectivity index (χ2v) is 2.98. The molecule has 15 heavy (non-hydrogen) atoms. The van der Waals surface area contributed by atoms with Gasteiger partial charge in [-0.1, -0.05) is 11.2 Å². The number of aromatic nitrogens is 1. The zero-order valence-electron chi connectivity index (χ0n) is 8.19. The summed E-state index contributed by atoms with van der Waals surface area (Å²) >= 11 is 0. The number of carbonyl (C=O) groups excluding carboxylic acids is 1. The average molecular weight is 206 g/mol. The third-order valence-corrected chi connectivity index (χ3v) is 2.00. The Morgan fingerprint density at radius 2 is 2.40 bits per heavy atom. The van der Waals surface area contributed by atoms with E-state index in [1.54, 1.807) is 25.1 Å². The van der Waals surface area contributed by atoms with Crippen LogP contribution < -0.4 is 5.73 Å². The van der Waals surface area contributed by atoms with Crippen LogP contribution in [0.4, 0.5) is 5.69 Å². The molecule has 2 N–H and O–H groups in total. The number of hydrogen-bond acceptors (Lipinski definition) is 5. The van der Waals surface area contributed by atoms with Crippen molar-refractivity contribution in [3.05, 3.63) is 23.9 Å². The minimum atomic E-state index is -0.498. The Kier molecular flexibility index (Phi) is 2.29. The molecular weight excluding hydrogens is 196 g/mol. The number of benzene rings is 1. The number of anilines is 1. The van der Waals surface area contributed by atoms with Gasteiger partial charge in [-0.05, 0) is 19.1 Å². The standard InChI is InChI=1S/C10H10N2O3/c1-2-14-10(13)8-6-4-3-5-7(11)9(6)15-12-8/h3-5H,2,11H2,1H3. The first-order valence-electron chi connectivity index (χ1n) is 4.55. The minimum Gasteiger partial charge on any atom is -0.461 e. The fourth-order valence-electron chi connectivity index (χ4n) is 1.33. The third kappa shape index (κ3) is 1.52. The van der Waals surface area contributed by atoms with Crippen LogP contribution in [0.2, 0.25) is 0 Å². The van der Waals surface area contributed by atoms with Gasteiger partial charge in [0.25, 0.3) is 0 Å². The van der Waals surface area contributed by atoms with Gasteiger partial charge in [0.05, 0.1) is 17.7 Å². The SMILES string of the molecule is CCOC(=O)c1noc2c(N)cccc12. The number of nitrogens with zero attached hydrogens (tertiary/aromatic N) is 1. The van der Waals surface area contributed by atoms with Crippen molar-refractivity contribution in [1.82, 2.24) is 5.16 Å². The van der Waals surface area contributed by atoms with Crippen molar-refractivity contribution in [3.8, 4) is 0 Å². The Bertz CT molecular complexity index is 504. The van der Waals surface area contributed by atoms with Crippen LogP contribution in [-0.2, 0) is 4.74 Å². The van der Waals surface area contributed by atoms with Gasteiger partial charge < -0.3 is 15.0 Å². The van der Waals surface area contributed by atoms with Crippen LogP contribution in [0.25, 0.3) is 11.0 Å². The summed E-state index contributed by atoms with van der Waals surface area (Å²) in [6.07, 6.45) is 0. The fraction of sp³-hybridized carbons (Fsp3) is 0.200. The van der Waals surface area contributed by atoms with Gasteiger partial charge in [-0.2, -0.15) is 0 Å². The van der Waals surface area contributed by atoms with Gasteiger partial charge in [0.15, 0.2) is 11.3 Å². The van der Waals surface area contributed by atoms with Gasteiger partial charge >= 0.3 is 5.97 Å². The van der Waals surface area contributed by atoms with Crippen LogP contribution in [0.5, 0.6) is 0 Å². The monoisotopic (exact) mass is 206 g/mol. The van der Waals surface area contributed by atoms with Crippen LogP contribution >= 0.6 is 0 Å². The molecule has 0 bridgehead atoms. The van der Waals surface area contributed by atoms with Crippen molar-refractivity contribution in [3.63, 3.8) is 0 Å². The predicted molar refractivity (Wildman–Crippen MR) is 54.4 cm³/mol. The number of nitrogens with two attached hydrogens (primary N) is 1. The van der Waals surface area contributed by atoms with Crippen molar-refractivity contribution >= 4 is 22.6 Å². The van der Waals surface area contributed by atoms with Crippen LogP contribution in [0.1, 0.15) is 17.4 Å². The molecule has 0 fully saturated rings. The summed E-state index contributed by atoms with van der Waals surface area (Å²) in [5, 5.41) is 4.22. The zero-order chi connectivity index (χ0) is 10.8. The maximum Gasteiger partial charge on any atom is 0.361 e. The third-order valence-electron chi connectivity index (χ3n) is 2.00. The lowest BCUT2D eigenvalue weighted by molar-refractivity contribution is 0.0517. The van der Waals surface area contributed by atoms with Crippen LogP contribution in [0, 0.1) is 0 Å². The number of rotatable bonds is 2. The topological polar surface area (TPSA) is 78.3 Å². The Morgan fingerprint density at radius 1 is 1.60 bits per heavy atom. The molecule has 0 radical (unpaired) electrons. The Morgan fingerprint density at radius 3 is 3.13 bits per heavy atom. The van der Waals surface area contributed by atoms with Crippen LogP contribution in [-0.4, -0.2) is 17.7 Å². The number of carbonyl (C=O) groups is 1. The first-order valence-corrected chi connectivity index (χ1v) is 4.55. The maximum atomic E-state index is 11.4. The Balaban J connectivity index is 2.54. The molecule has 1 aromatic carbocycles. The van der Waals surface area contributed by atoms with Gasteiger partial charge in [-0.15, -0.1) is 0 Å². The molecule has 1 heterocycles. The molecule has 2 aromatic rings. The van der Waals surface area contributed by atoms with E-state index in [1.165, 1.54) is 0 Å². The smallest absolute Gasteiger partial charge is 0.361 e. The molecule has 5 heteroatoms. The van der Waals surface area contributed by atoms with E-state index < -0.39 is 5.97 Å². The number of para-hydroxylation sites is 1. The first kappa shape index (κ1) is 9.51. The van der Waals surface area contributed by atoms with Crippen LogP contribution in [0.3, 0.4) is 0 Å². The molecule has 0 aliphatic carbocycles. The molecule has 0 spiro atoms. The summed E-state index contributed by atoms with van der Waals surface area (Å²) in [6.45, 7) is 2.03. The summed E-state index contributed by atoms with van der Waals surface area (Å²) < 4.78 is 9.80. The van der Waals surface area contributed by atoms with E-state index in [0.717, 1.165) is 0 Å². The minimum absolute atomic E-state index is 0.166. The number of hydrogen-bond donors (Lipinski definition) is 1. The van der Waals surface area contributed by atoms with Crippen molar-refractivity contribution in [2.45, 2.75) is 6.92 Å². The molecule has 0 saturated carbocycles. The van der Waals surface area contributed by atoms with Crippen molar-refractivity contribution in [2.75, 3.05) is 12.3 Å². The van der Waals surface area contributed by atoms with E-state index in [0.29, 0.717) is 23.3 Å². The number of fused-ring (bicyclic) bond motifs is 1. The van der Waals surface area contributed by atoms with Gasteiger partial charge in [0, 0.05) is 0 Å². The molecule has 1 aromatic heterocycles. The molecule has 0 aliphatic rings. The molecule has 0 saturated heterocycles. The first-order chi connectivity index (χ1) is 7.24. The lowest BCUT2D eigenvalue weighted by Crippen LogP contribution is -2.05. The highest BCUT2D eigenvalue weighted by atomic mass is 16.5. The number of nitrogen functional groups attached to an aromatic ring is 1. The molecule has 0 aliphatic heterocycles. The summed E-state index contributed by atoms with van der Waals surface area (Å²) in [6, 6.07) is 5.13. The zero-order valence-corrected chi connectivity index (χ0v) is 8.19. The molecule has 78 valence electrons. The normalized spacial score (nSPS) is 10.5. The Labute approximate surface area is 85.8 Å². The molecule has 5 nitrogen and oxygen atoms in total. The lowest BCUT2D eigenvalue weighted by atomic mass is 10.2. The number of esters is 1. The highest BCUT2D eigenvalue weighted by molar-refractivity contribution is 6.03. The van der Waals surface area contributed by atoms with E-state index in [9.17, 15) is 4.79 Å². The van der Waals surface area contributed by atoms with Crippen LogP contribution in [0.15, 0.2) is 22.7 Å². The molecule has 0 amide bonds. The second-order valence-electron chi connectivity index (χ2n) is 2.98. The van der Waals surface area contributed by atoms with E-state index >= 15 is 0 Å².